The van der Waals surface area contributed by atoms with Crippen LogP contribution in [-0.2, 0) is 14.8 Å². The van der Waals surface area contributed by atoms with Crippen molar-refractivity contribution in [2.24, 2.45) is 0 Å². The third-order valence-corrected chi connectivity index (χ3v) is 6.01. The van der Waals surface area contributed by atoms with Crippen LogP contribution in [0.5, 0.6) is 5.75 Å². The fourth-order valence-electron chi connectivity index (χ4n) is 3.86. The highest BCUT2D eigenvalue weighted by Crippen LogP contribution is 2.30. The lowest BCUT2D eigenvalue weighted by atomic mass is 9.99. The van der Waals surface area contributed by atoms with E-state index in [4.69, 9.17) is 4.74 Å². The first-order chi connectivity index (χ1) is 14.3. The van der Waals surface area contributed by atoms with Crippen LogP contribution in [0, 0.1) is 6.92 Å². The first-order valence-corrected chi connectivity index (χ1v) is 11.9. The number of aryl methyl sites for hydroxylation is 1. The van der Waals surface area contributed by atoms with E-state index in [9.17, 15) is 13.2 Å². The number of likely N-dealkylation sites (tertiary alicyclic amines) is 1. The molecule has 1 amide bonds. The number of nitrogens with one attached hydrogen (secondary N) is 2. The number of hydrogen-bond acceptors (Lipinski definition) is 5. The maximum atomic E-state index is 13.4. The molecular weight excluding hydrogens is 402 g/mol. The Balaban J connectivity index is 1.81. The molecule has 2 aromatic rings. The molecule has 1 aliphatic rings. The van der Waals surface area contributed by atoms with E-state index in [0.717, 1.165) is 11.1 Å². The monoisotopic (exact) mass is 431 g/mol. The lowest BCUT2D eigenvalue weighted by Crippen LogP contribution is -2.47. The fourth-order valence-corrected chi connectivity index (χ4v) is 4.70. The zero-order valence-electron chi connectivity index (χ0n) is 17.6. The predicted octanol–water partition coefficient (Wildman–Crippen LogP) is 2.70. The van der Waals surface area contributed by atoms with Gasteiger partial charge < -0.3 is 10.1 Å². The number of carbonyl (C=O) groups excluding carboxylic acids is 1. The maximum Gasteiger partial charge on any atom is 0.246 e. The summed E-state index contributed by atoms with van der Waals surface area (Å²) in [4.78, 5) is 15.5. The topological polar surface area (TPSA) is 87.7 Å². The zero-order chi connectivity index (χ0) is 21.7. The van der Waals surface area contributed by atoms with E-state index >= 15 is 0 Å². The van der Waals surface area contributed by atoms with E-state index in [1.807, 2.05) is 55.5 Å². The molecule has 1 aliphatic heterocycles. The molecular formula is C22H29N3O4S. The van der Waals surface area contributed by atoms with E-state index in [0.29, 0.717) is 37.4 Å². The molecule has 1 unspecified atom stereocenters. The number of ether oxygens (including phenoxy) is 1. The molecule has 0 aromatic heterocycles. The van der Waals surface area contributed by atoms with Gasteiger partial charge in [0.05, 0.1) is 19.1 Å². The highest BCUT2D eigenvalue weighted by atomic mass is 32.2. The molecule has 1 fully saturated rings. The van der Waals surface area contributed by atoms with Crippen LogP contribution in [0.15, 0.2) is 48.5 Å². The van der Waals surface area contributed by atoms with Gasteiger partial charge in [-0.25, -0.2) is 13.1 Å². The van der Waals surface area contributed by atoms with Gasteiger partial charge in [0.15, 0.2) is 0 Å². The van der Waals surface area contributed by atoms with Crippen molar-refractivity contribution in [3.05, 3.63) is 59.7 Å². The Morgan fingerprint density at radius 2 is 1.80 bits per heavy atom. The minimum Gasteiger partial charge on any atom is -0.495 e. The second-order valence-corrected chi connectivity index (χ2v) is 9.49. The molecule has 1 heterocycles. The van der Waals surface area contributed by atoms with E-state index in [2.05, 4.69) is 14.9 Å². The second-order valence-electron chi connectivity index (χ2n) is 7.71. The Hall–Kier alpha value is -2.42. The first kappa shape index (κ1) is 22.3. The summed E-state index contributed by atoms with van der Waals surface area (Å²) in [7, 11) is -1.67. The molecule has 162 valence electrons. The van der Waals surface area contributed by atoms with Crippen LogP contribution in [0.4, 0.5) is 5.69 Å². The second kappa shape index (κ2) is 9.59. The zero-order valence-corrected chi connectivity index (χ0v) is 18.4. The molecule has 8 heteroatoms. The van der Waals surface area contributed by atoms with Gasteiger partial charge in [-0.2, -0.15) is 0 Å². The highest BCUT2D eigenvalue weighted by molar-refractivity contribution is 7.88. The van der Waals surface area contributed by atoms with Gasteiger partial charge in [0.1, 0.15) is 11.8 Å². The molecule has 0 aliphatic carbocycles. The van der Waals surface area contributed by atoms with Crippen LogP contribution in [0.2, 0.25) is 0 Å². The van der Waals surface area contributed by atoms with Gasteiger partial charge in [0.2, 0.25) is 15.9 Å². The molecule has 0 bridgehead atoms. The predicted molar refractivity (Wildman–Crippen MR) is 118 cm³/mol. The minimum atomic E-state index is -3.24. The summed E-state index contributed by atoms with van der Waals surface area (Å²) in [5.74, 6) is 0.469. The molecule has 0 radical (unpaired) electrons. The molecule has 2 N–H and O–H groups in total. The van der Waals surface area contributed by atoms with Crippen molar-refractivity contribution in [3.63, 3.8) is 0 Å². The van der Waals surface area contributed by atoms with Gasteiger partial charge in [0.25, 0.3) is 0 Å². The van der Waals surface area contributed by atoms with Crippen molar-refractivity contribution in [2.45, 2.75) is 31.8 Å². The highest BCUT2D eigenvalue weighted by Gasteiger charge is 2.32. The van der Waals surface area contributed by atoms with Gasteiger partial charge in [-0.15, -0.1) is 0 Å². The average Bonchev–Trinajstić information content (AvgIpc) is 2.69. The first-order valence-electron chi connectivity index (χ1n) is 9.98. The lowest BCUT2D eigenvalue weighted by Gasteiger charge is -2.37. The van der Waals surface area contributed by atoms with Crippen LogP contribution in [0.25, 0.3) is 0 Å². The summed E-state index contributed by atoms with van der Waals surface area (Å²) in [6, 6.07) is 14.7. The van der Waals surface area contributed by atoms with Crippen molar-refractivity contribution in [1.82, 2.24) is 9.62 Å². The molecule has 1 atom stereocenters. The Kier molecular flexibility index (Phi) is 7.12. The Morgan fingerprint density at radius 1 is 1.13 bits per heavy atom. The van der Waals surface area contributed by atoms with Crippen LogP contribution < -0.4 is 14.8 Å². The largest absolute Gasteiger partial charge is 0.495 e. The van der Waals surface area contributed by atoms with Gasteiger partial charge in [-0.3, -0.25) is 9.69 Å². The number of rotatable bonds is 7. The number of methoxy groups -OCH3 is 1. The number of nitrogens with zero attached hydrogens (tertiary/aromatic N) is 1. The van der Waals surface area contributed by atoms with E-state index in [-0.39, 0.29) is 11.9 Å². The van der Waals surface area contributed by atoms with Crippen molar-refractivity contribution in [3.8, 4) is 5.75 Å². The summed E-state index contributed by atoms with van der Waals surface area (Å²) >= 11 is 0. The SMILES string of the molecule is COc1ccc(C)cc1NC(=O)C(c1ccccc1)N1CCC(NS(C)(=O)=O)CC1. The normalized spacial score (nSPS) is 16.8. The summed E-state index contributed by atoms with van der Waals surface area (Å²) in [5.41, 5.74) is 2.56. The number of amides is 1. The quantitative estimate of drug-likeness (QED) is 0.704. The molecule has 7 nitrogen and oxygen atoms in total. The molecule has 3 rings (SSSR count). The van der Waals surface area contributed by atoms with Crippen molar-refractivity contribution >= 4 is 21.6 Å². The Bertz CT molecular complexity index is 971. The molecule has 2 aromatic carbocycles. The van der Waals surface area contributed by atoms with Gasteiger partial charge in [-0.1, -0.05) is 36.4 Å². The third-order valence-electron chi connectivity index (χ3n) is 5.25. The van der Waals surface area contributed by atoms with E-state index in [1.54, 1.807) is 7.11 Å². The van der Waals surface area contributed by atoms with Gasteiger partial charge in [-0.05, 0) is 43.0 Å². The van der Waals surface area contributed by atoms with Crippen LogP contribution in [0.3, 0.4) is 0 Å². The van der Waals surface area contributed by atoms with Crippen molar-refractivity contribution in [1.29, 1.82) is 0 Å². The summed E-state index contributed by atoms with van der Waals surface area (Å²) in [6.07, 6.45) is 2.48. The average molecular weight is 432 g/mol. The number of anilines is 1. The van der Waals surface area contributed by atoms with Gasteiger partial charge >= 0.3 is 0 Å². The third kappa shape index (κ3) is 5.81. The number of sulfonamides is 1. The number of hydrogen-bond donors (Lipinski definition) is 2. The Labute approximate surface area is 178 Å². The van der Waals surface area contributed by atoms with Crippen LogP contribution in [0.1, 0.15) is 30.0 Å². The lowest BCUT2D eigenvalue weighted by molar-refractivity contribution is -0.122. The van der Waals surface area contributed by atoms with Crippen LogP contribution >= 0.6 is 0 Å². The number of piperidine rings is 1. The van der Waals surface area contributed by atoms with Crippen LogP contribution in [-0.4, -0.2) is 51.7 Å². The van der Waals surface area contributed by atoms with Crippen molar-refractivity contribution < 1.29 is 17.9 Å². The smallest absolute Gasteiger partial charge is 0.246 e. The number of benzene rings is 2. The fraction of sp³-hybridized carbons (Fsp3) is 0.409. The number of carbonyl (C=O) groups is 1. The molecule has 1 saturated heterocycles. The van der Waals surface area contributed by atoms with Crippen molar-refractivity contribution in [2.75, 3.05) is 31.8 Å². The Morgan fingerprint density at radius 3 is 2.40 bits per heavy atom. The molecule has 0 saturated carbocycles. The molecule has 30 heavy (non-hydrogen) atoms. The molecule has 0 spiro atoms. The standard InChI is InChI=1S/C22H29N3O4S/c1-16-9-10-20(29-2)19(15-16)23-22(26)21(17-7-5-4-6-8-17)25-13-11-18(12-14-25)24-30(3,27)28/h4-10,15,18,21,24H,11-14H2,1-3H3,(H,23,26). The minimum absolute atomic E-state index is 0.104. The maximum absolute atomic E-state index is 13.4. The van der Waals surface area contributed by atoms with E-state index < -0.39 is 16.1 Å². The summed E-state index contributed by atoms with van der Waals surface area (Å²) < 4.78 is 31.1. The summed E-state index contributed by atoms with van der Waals surface area (Å²) in [6.45, 7) is 3.19. The van der Waals surface area contributed by atoms with E-state index in [1.165, 1.54) is 6.26 Å². The summed E-state index contributed by atoms with van der Waals surface area (Å²) in [5, 5.41) is 3.03. The van der Waals surface area contributed by atoms with Gasteiger partial charge in [0, 0.05) is 19.1 Å².